The molecule has 144 valence electrons. The largest absolute Gasteiger partial charge is 0.323 e. The molecule has 1 aromatic carbocycles. The average molecular weight is 410 g/mol. The number of halogens is 1. The number of hydrogen-bond donors (Lipinski definition) is 1. The van der Waals surface area contributed by atoms with Crippen LogP contribution in [0.25, 0.3) is 0 Å². The van der Waals surface area contributed by atoms with E-state index in [0.717, 1.165) is 12.8 Å². The Bertz CT molecular complexity index is 914. The molecule has 2 aromatic rings. The molecule has 1 aliphatic heterocycles. The summed E-state index contributed by atoms with van der Waals surface area (Å²) in [5.41, 5.74) is 0.120. The number of thioether (sulfide) groups is 1. The molecule has 6 nitrogen and oxygen atoms in total. The number of benzene rings is 1. The number of aromatic nitrogens is 1. The summed E-state index contributed by atoms with van der Waals surface area (Å²) in [6, 6.07) is 9.03. The number of carbonyl (C=O) groups is 1. The lowest BCUT2D eigenvalue weighted by atomic mass is 10.3. The van der Waals surface area contributed by atoms with E-state index in [1.807, 2.05) is 0 Å². The van der Waals surface area contributed by atoms with Crippen molar-refractivity contribution in [3.05, 3.63) is 48.4 Å². The topological polar surface area (TPSA) is 79.4 Å². The molecule has 1 atom stereocenters. The zero-order valence-electron chi connectivity index (χ0n) is 14.8. The van der Waals surface area contributed by atoms with Crippen LogP contribution in [-0.2, 0) is 14.8 Å². The van der Waals surface area contributed by atoms with Crippen LogP contribution in [-0.4, -0.2) is 42.0 Å². The highest BCUT2D eigenvalue weighted by Gasteiger charge is 2.27. The van der Waals surface area contributed by atoms with Crippen LogP contribution in [0.1, 0.15) is 19.8 Å². The molecule has 0 bridgehead atoms. The van der Waals surface area contributed by atoms with Gasteiger partial charge in [0.25, 0.3) is 0 Å². The first-order chi connectivity index (χ1) is 12.9. The lowest BCUT2D eigenvalue weighted by Crippen LogP contribution is -2.28. The van der Waals surface area contributed by atoms with Crippen molar-refractivity contribution in [1.82, 2.24) is 9.29 Å². The van der Waals surface area contributed by atoms with Crippen molar-refractivity contribution in [3.63, 3.8) is 0 Å². The number of hydrogen-bond acceptors (Lipinski definition) is 5. The minimum Gasteiger partial charge on any atom is -0.323 e. The van der Waals surface area contributed by atoms with E-state index in [2.05, 4.69) is 10.3 Å². The first-order valence-electron chi connectivity index (χ1n) is 8.56. The first-order valence-corrected chi connectivity index (χ1v) is 10.9. The SMILES string of the molecule is C[C@H](Sc1ccc(S(=O)(=O)N2CCCC2)cn1)C(=O)Nc1ccccc1F. The summed E-state index contributed by atoms with van der Waals surface area (Å²) in [6.07, 6.45) is 3.06. The Balaban J connectivity index is 1.64. The first kappa shape index (κ1) is 19.8. The molecule has 3 rings (SSSR count). The van der Waals surface area contributed by atoms with Gasteiger partial charge in [0.1, 0.15) is 10.7 Å². The van der Waals surface area contributed by atoms with E-state index < -0.39 is 21.1 Å². The zero-order chi connectivity index (χ0) is 19.4. The van der Waals surface area contributed by atoms with Gasteiger partial charge in [0.05, 0.1) is 16.0 Å². The number of carbonyl (C=O) groups excluding carboxylic acids is 1. The summed E-state index contributed by atoms with van der Waals surface area (Å²) in [5, 5.41) is 2.53. The van der Waals surface area contributed by atoms with Crippen LogP contribution < -0.4 is 5.32 Å². The fourth-order valence-electron chi connectivity index (χ4n) is 2.70. The summed E-state index contributed by atoms with van der Waals surface area (Å²) >= 11 is 1.17. The van der Waals surface area contributed by atoms with Crippen molar-refractivity contribution >= 4 is 33.4 Å². The monoisotopic (exact) mass is 409 g/mol. The molecule has 1 aliphatic rings. The maximum atomic E-state index is 13.6. The van der Waals surface area contributed by atoms with Crippen LogP contribution in [0.15, 0.2) is 52.5 Å². The summed E-state index contributed by atoms with van der Waals surface area (Å²) in [5.74, 6) is -0.863. The summed E-state index contributed by atoms with van der Waals surface area (Å²) in [4.78, 5) is 16.6. The number of para-hydroxylation sites is 1. The number of nitrogens with one attached hydrogen (secondary N) is 1. The molecular formula is C18H20FN3O3S2. The van der Waals surface area contributed by atoms with Gasteiger partial charge in [-0.1, -0.05) is 23.9 Å². The fraction of sp³-hybridized carbons (Fsp3) is 0.333. The van der Waals surface area contributed by atoms with Gasteiger partial charge in [-0.3, -0.25) is 4.79 Å². The lowest BCUT2D eigenvalue weighted by Gasteiger charge is -2.15. The molecule has 0 unspecified atom stereocenters. The molecule has 27 heavy (non-hydrogen) atoms. The highest BCUT2D eigenvalue weighted by atomic mass is 32.2. The van der Waals surface area contributed by atoms with Crippen LogP contribution in [0.3, 0.4) is 0 Å². The van der Waals surface area contributed by atoms with Crippen molar-refractivity contribution in [2.75, 3.05) is 18.4 Å². The van der Waals surface area contributed by atoms with Crippen LogP contribution in [0.2, 0.25) is 0 Å². The molecular weight excluding hydrogens is 389 g/mol. The quantitative estimate of drug-likeness (QED) is 0.742. The standard InChI is InChI=1S/C18H20FN3O3S2/c1-13(18(23)21-16-7-3-2-6-15(16)19)26-17-9-8-14(12-20-17)27(24,25)22-10-4-5-11-22/h2-3,6-9,12-13H,4-5,10-11H2,1H3,(H,21,23)/t13-/m0/s1. The highest BCUT2D eigenvalue weighted by molar-refractivity contribution is 8.00. The molecule has 0 spiro atoms. The molecule has 2 heterocycles. The third-order valence-corrected chi connectivity index (χ3v) is 7.14. The Hall–Kier alpha value is -1.97. The van der Waals surface area contributed by atoms with Crippen LogP contribution in [0.4, 0.5) is 10.1 Å². The van der Waals surface area contributed by atoms with E-state index in [1.54, 1.807) is 25.1 Å². The minimum absolute atomic E-state index is 0.120. The van der Waals surface area contributed by atoms with Crippen molar-refractivity contribution in [2.24, 2.45) is 0 Å². The van der Waals surface area contributed by atoms with Crippen molar-refractivity contribution in [3.8, 4) is 0 Å². The summed E-state index contributed by atoms with van der Waals surface area (Å²) in [7, 11) is -3.51. The lowest BCUT2D eigenvalue weighted by molar-refractivity contribution is -0.115. The second kappa shape index (κ2) is 8.37. The van der Waals surface area contributed by atoms with Crippen LogP contribution in [0, 0.1) is 5.82 Å². The van der Waals surface area contributed by atoms with E-state index in [0.29, 0.717) is 18.1 Å². The normalized spacial score (nSPS) is 16.2. The van der Waals surface area contributed by atoms with Gasteiger partial charge in [-0.05, 0) is 44.0 Å². The molecule has 0 aliphatic carbocycles. The summed E-state index contributed by atoms with van der Waals surface area (Å²) in [6.45, 7) is 2.75. The number of nitrogens with zero attached hydrogens (tertiary/aromatic N) is 2. The molecule has 0 radical (unpaired) electrons. The Labute approximate surface area is 162 Å². The highest BCUT2D eigenvalue weighted by Crippen LogP contribution is 2.25. The Morgan fingerprint density at radius 2 is 1.93 bits per heavy atom. The second-order valence-electron chi connectivity index (χ2n) is 6.17. The Morgan fingerprint density at radius 3 is 2.56 bits per heavy atom. The molecule has 1 amide bonds. The Kier molecular flexibility index (Phi) is 6.13. The van der Waals surface area contributed by atoms with E-state index in [-0.39, 0.29) is 16.5 Å². The van der Waals surface area contributed by atoms with Gasteiger partial charge in [-0.15, -0.1) is 0 Å². The van der Waals surface area contributed by atoms with Gasteiger partial charge in [0, 0.05) is 19.3 Å². The second-order valence-corrected chi connectivity index (χ2v) is 9.47. The van der Waals surface area contributed by atoms with Crippen molar-refractivity contribution < 1.29 is 17.6 Å². The number of pyridine rings is 1. The average Bonchev–Trinajstić information content (AvgIpc) is 3.19. The summed E-state index contributed by atoms with van der Waals surface area (Å²) < 4.78 is 40.1. The van der Waals surface area contributed by atoms with Crippen molar-refractivity contribution in [2.45, 2.75) is 34.9 Å². The molecule has 1 saturated heterocycles. The molecule has 9 heteroatoms. The van der Waals surface area contributed by atoms with E-state index in [1.165, 1.54) is 40.5 Å². The molecule has 1 aromatic heterocycles. The van der Waals surface area contributed by atoms with Crippen molar-refractivity contribution in [1.29, 1.82) is 0 Å². The maximum absolute atomic E-state index is 13.6. The molecule has 0 saturated carbocycles. The smallest absolute Gasteiger partial charge is 0.244 e. The maximum Gasteiger partial charge on any atom is 0.244 e. The number of sulfonamides is 1. The van der Waals surface area contributed by atoms with E-state index in [9.17, 15) is 17.6 Å². The number of rotatable bonds is 6. The van der Waals surface area contributed by atoms with Gasteiger partial charge in [-0.2, -0.15) is 4.31 Å². The third-order valence-electron chi connectivity index (χ3n) is 4.21. The number of amides is 1. The van der Waals surface area contributed by atoms with Gasteiger partial charge in [-0.25, -0.2) is 17.8 Å². The molecule has 1 fully saturated rings. The third kappa shape index (κ3) is 4.66. The number of anilines is 1. The van der Waals surface area contributed by atoms with E-state index in [4.69, 9.17) is 0 Å². The van der Waals surface area contributed by atoms with Gasteiger partial charge in [0.2, 0.25) is 15.9 Å². The molecule has 1 N–H and O–H groups in total. The predicted octanol–water partition coefficient (Wildman–Crippen LogP) is 3.12. The minimum atomic E-state index is -3.51. The van der Waals surface area contributed by atoms with E-state index >= 15 is 0 Å². The van der Waals surface area contributed by atoms with Crippen LogP contribution in [0.5, 0.6) is 0 Å². The van der Waals surface area contributed by atoms with Gasteiger partial charge in [0.15, 0.2) is 0 Å². The predicted molar refractivity (Wildman–Crippen MR) is 103 cm³/mol. The Morgan fingerprint density at radius 1 is 1.22 bits per heavy atom. The van der Waals surface area contributed by atoms with Crippen LogP contribution >= 0.6 is 11.8 Å². The van der Waals surface area contributed by atoms with Gasteiger partial charge < -0.3 is 5.32 Å². The zero-order valence-corrected chi connectivity index (χ0v) is 16.4. The fourth-order valence-corrected chi connectivity index (χ4v) is 4.95. The van der Waals surface area contributed by atoms with Gasteiger partial charge >= 0.3 is 0 Å².